The zero-order chi connectivity index (χ0) is 13.8. The van der Waals surface area contributed by atoms with E-state index in [0.29, 0.717) is 6.79 Å². The maximum atomic E-state index is 5.96. The molecule has 2 aromatic carbocycles. The van der Waals surface area contributed by atoms with Gasteiger partial charge in [0.05, 0.1) is 0 Å². The van der Waals surface area contributed by atoms with Crippen molar-refractivity contribution in [2.24, 2.45) is 0 Å². The van der Waals surface area contributed by atoms with Crippen LogP contribution in [0.25, 0.3) is 0 Å². The molecule has 0 fully saturated rings. The average molecular weight is 290 g/mol. The molecule has 3 nitrogen and oxygen atoms in total. The van der Waals surface area contributed by atoms with Gasteiger partial charge < -0.3 is 14.8 Å². The molecule has 0 atom stereocenters. The molecule has 0 aliphatic carbocycles. The first kappa shape index (κ1) is 13.3. The van der Waals surface area contributed by atoms with E-state index in [2.05, 4.69) is 17.4 Å². The second-order valence-corrected chi connectivity index (χ2v) is 5.18. The van der Waals surface area contributed by atoms with E-state index >= 15 is 0 Å². The van der Waals surface area contributed by atoms with E-state index in [0.717, 1.165) is 36.0 Å². The van der Waals surface area contributed by atoms with Crippen LogP contribution in [0.4, 0.5) is 0 Å². The van der Waals surface area contributed by atoms with Crippen LogP contribution in [0.3, 0.4) is 0 Å². The van der Waals surface area contributed by atoms with Gasteiger partial charge in [-0.05, 0) is 48.4 Å². The third-order valence-electron chi connectivity index (χ3n) is 3.25. The molecule has 20 heavy (non-hydrogen) atoms. The molecule has 0 spiro atoms. The van der Waals surface area contributed by atoms with Gasteiger partial charge >= 0.3 is 0 Å². The molecule has 1 aliphatic heterocycles. The molecule has 0 bridgehead atoms. The number of fused-ring (bicyclic) bond motifs is 1. The van der Waals surface area contributed by atoms with E-state index in [9.17, 15) is 0 Å². The van der Waals surface area contributed by atoms with Crippen LogP contribution in [0.5, 0.6) is 11.5 Å². The van der Waals surface area contributed by atoms with Gasteiger partial charge in [0.2, 0.25) is 6.79 Å². The molecule has 0 aromatic heterocycles. The summed E-state index contributed by atoms with van der Waals surface area (Å²) in [5, 5.41) is 4.21. The van der Waals surface area contributed by atoms with Gasteiger partial charge in [0.25, 0.3) is 0 Å². The lowest BCUT2D eigenvalue weighted by atomic mass is 10.1. The number of benzene rings is 2. The minimum absolute atomic E-state index is 0.320. The highest BCUT2D eigenvalue weighted by molar-refractivity contribution is 6.30. The topological polar surface area (TPSA) is 30.5 Å². The standard InChI is InChI=1S/C16H16ClNO2/c17-14-3-1-2-12(8-14)6-7-18-10-13-4-5-15-16(9-13)20-11-19-15/h1-5,8-9,18H,6-7,10-11H2. The van der Waals surface area contributed by atoms with Crippen molar-refractivity contribution in [3.8, 4) is 11.5 Å². The summed E-state index contributed by atoms with van der Waals surface area (Å²) in [7, 11) is 0. The number of nitrogens with one attached hydrogen (secondary N) is 1. The Morgan fingerprint density at radius 2 is 1.90 bits per heavy atom. The first-order chi connectivity index (χ1) is 9.81. The molecule has 1 aliphatic rings. The minimum Gasteiger partial charge on any atom is -0.454 e. The fourth-order valence-electron chi connectivity index (χ4n) is 2.21. The van der Waals surface area contributed by atoms with Gasteiger partial charge in [-0.25, -0.2) is 0 Å². The Morgan fingerprint density at radius 3 is 2.80 bits per heavy atom. The molecule has 1 N–H and O–H groups in total. The predicted molar refractivity (Wildman–Crippen MR) is 79.4 cm³/mol. The normalized spacial score (nSPS) is 12.7. The van der Waals surface area contributed by atoms with E-state index in [1.165, 1.54) is 11.1 Å². The van der Waals surface area contributed by atoms with Gasteiger partial charge in [0.1, 0.15) is 0 Å². The molecule has 0 radical (unpaired) electrons. The highest BCUT2D eigenvalue weighted by Gasteiger charge is 2.12. The van der Waals surface area contributed by atoms with Crippen LogP contribution >= 0.6 is 11.6 Å². The Balaban J connectivity index is 1.48. The second kappa shape index (κ2) is 6.16. The molecule has 3 rings (SSSR count). The lowest BCUT2D eigenvalue weighted by Gasteiger charge is -2.06. The molecule has 0 saturated carbocycles. The van der Waals surface area contributed by atoms with Crippen molar-refractivity contribution in [2.45, 2.75) is 13.0 Å². The molecule has 104 valence electrons. The summed E-state index contributed by atoms with van der Waals surface area (Å²) in [6, 6.07) is 14.0. The quantitative estimate of drug-likeness (QED) is 0.856. The third kappa shape index (κ3) is 3.24. The Kier molecular flexibility index (Phi) is 4.09. The SMILES string of the molecule is Clc1cccc(CCNCc2ccc3c(c2)OCO3)c1. The van der Waals surface area contributed by atoms with E-state index in [-0.39, 0.29) is 0 Å². The van der Waals surface area contributed by atoms with Crippen LogP contribution in [0.1, 0.15) is 11.1 Å². The minimum atomic E-state index is 0.320. The van der Waals surface area contributed by atoms with E-state index in [4.69, 9.17) is 21.1 Å². The first-order valence-electron chi connectivity index (χ1n) is 6.65. The summed E-state index contributed by atoms with van der Waals surface area (Å²) in [5.41, 5.74) is 2.44. The van der Waals surface area contributed by atoms with Crippen molar-refractivity contribution in [3.05, 3.63) is 58.6 Å². The van der Waals surface area contributed by atoms with Gasteiger partial charge in [-0.15, -0.1) is 0 Å². The summed E-state index contributed by atoms with van der Waals surface area (Å²) >= 11 is 5.96. The number of halogens is 1. The zero-order valence-electron chi connectivity index (χ0n) is 11.1. The fourth-order valence-corrected chi connectivity index (χ4v) is 2.42. The fraction of sp³-hybridized carbons (Fsp3) is 0.250. The van der Waals surface area contributed by atoms with Crippen LogP contribution in [0.15, 0.2) is 42.5 Å². The molecule has 4 heteroatoms. The van der Waals surface area contributed by atoms with Gasteiger partial charge in [-0.2, -0.15) is 0 Å². The summed E-state index contributed by atoms with van der Waals surface area (Å²) in [6.45, 7) is 2.05. The van der Waals surface area contributed by atoms with Crippen molar-refractivity contribution in [1.29, 1.82) is 0 Å². The van der Waals surface area contributed by atoms with Crippen molar-refractivity contribution >= 4 is 11.6 Å². The molecule has 1 heterocycles. The first-order valence-corrected chi connectivity index (χ1v) is 7.03. The number of hydrogen-bond acceptors (Lipinski definition) is 3. The van der Waals surface area contributed by atoms with E-state index < -0.39 is 0 Å². The maximum Gasteiger partial charge on any atom is 0.231 e. The Morgan fingerprint density at radius 1 is 1.00 bits per heavy atom. The summed E-state index contributed by atoms with van der Waals surface area (Å²) in [6.07, 6.45) is 0.963. The second-order valence-electron chi connectivity index (χ2n) is 4.74. The lowest BCUT2D eigenvalue weighted by molar-refractivity contribution is 0.174. The Hall–Kier alpha value is -1.71. The van der Waals surface area contributed by atoms with Gasteiger partial charge in [-0.1, -0.05) is 29.8 Å². The van der Waals surface area contributed by atoms with Crippen molar-refractivity contribution < 1.29 is 9.47 Å². The van der Waals surface area contributed by atoms with Crippen molar-refractivity contribution in [2.75, 3.05) is 13.3 Å². The lowest BCUT2D eigenvalue weighted by Crippen LogP contribution is -2.16. The largest absolute Gasteiger partial charge is 0.454 e. The van der Waals surface area contributed by atoms with Crippen LogP contribution < -0.4 is 14.8 Å². The Labute approximate surface area is 123 Å². The number of ether oxygens (including phenoxy) is 2. The predicted octanol–water partition coefficient (Wildman–Crippen LogP) is 3.40. The smallest absolute Gasteiger partial charge is 0.231 e. The van der Waals surface area contributed by atoms with Gasteiger partial charge in [0, 0.05) is 11.6 Å². The van der Waals surface area contributed by atoms with Crippen LogP contribution in [-0.2, 0) is 13.0 Å². The zero-order valence-corrected chi connectivity index (χ0v) is 11.8. The molecule has 0 unspecified atom stereocenters. The van der Waals surface area contributed by atoms with Gasteiger partial charge in [-0.3, -0.25) is 0 Å². The molecule has 0 amide bonds. The summed E-state index contributed by atoms with van der Waals surface area (Å²) < 4.78 is 10.7. The maximum absolute atomic E-state index is 5.96. The molecular formula is C16H16ClNO2. The molecule has 2 aromatic rings. The van der Waals surface area contributed by atoms with Crippen LogP contribution in [0, 0.1) is 0 Å². The average Bonchev–Trinajstić information content (AvgIpc) is 2.91. The summed E-state index contributed by atoms with van der Waals surface area (Å²) in [4.78, 5) is 0. The van der Waals surface area contributed by atoms with E-state index in [1.807, 2.05) is 30.3 Å². The van der Waals surface area contributed by atoms with Crippen LogP contribution in [0.2, 0.25) is 5.02 Å². The highest BCUT2D eigenvalue weighted by Crippen LogP contribution is 2.32. The number of hydrogen-bond donors (Lipinski definition) is 1. The Bertz CT molecular complexity index is 601. The van der Waals surface area contributed by atoms with E-state index in [1.54, 1.807) is 0 Å². The molecular weight excluding hydrogens is 274 g/mol. The van der Waals surface area contributed by atoms with Gasteiger partial charge in [0.15, 0.2) is 11.5 Å². The monoisotopic (exact) mass is 289 g/mol. The number of rotatable bonds is 5. The molecule has 0 saturated heterocycles. The highest BCUT2D eigenvalue weighted by atomic mass is 35.5. The van der Waals surface area contributed by atoms with Crippen molar-refractivity contribution in [1.82, 2.24) is 5.32 Å². The summed E-state index contributed by atoms with van der Waals surface area (Å²) in [5.74, 6) is 1.66. The van der Waals surface area contributed by atoms with Crippen molar-refractivity contribution in [3.63, 3.8) is 0 Å². The van der Waals surface area contributed by atoms with Crippen LogP contribution in [-0.4, -0.2) is 13.3 Å². The third-order valence-corrected chi connectivity index (χ3v) is 3.48.